The molecule has 0 radical (unpaired) electrons. The average Bonchev–Trinajstić information content (AvgIpc) is 2.95. The highest BCUT2D eigenvalue weighted by Crippen LogP contribution is 2.50. The lowest BCUT2D eigenvalue weighted by molar-refractivity contribution is -0.138. The highest BCUT2D eigenvalue weighted by molar-refractivity contribution is 5.90. The van der Waals surface area contributed by atoms with E-state index >= 15 is 0 Å². The van der Waals surface area contributed by atoms with Gasteiger partial charge < -0.3 is 18.9 Å². The SMILES string of the molecule is C=C/C=C/[C@H](OCOCCOC)[C@@H]1CCC(C)=C([C@H]2CC(=C)C(=O)O2)C1(C)C. The van der Waals surface area contributed by atoms with E-state index in [9.17, 15) is 4.79 Å². The van der Waals surface area contributed by atoms with E-state index in [1.165, 1.54) is 11.1 Å². The third kappa shape index (κ3) is 5.22. The number of carbonyl (C=O) groups excluding carboxylic acids is 1. The molecule has 0 aromatic rings. The first-order chi connectivity index (χ1) is 13.3. The quantitative estimate of drug-likeness (QED) is 0.139. The van der Waals surface area contributed by atoms with Crippen LogP contribution < -0.4 is 0 Å². The molecule has 28 heavy (non-hydrogen) atoms. The van der Waals surface area contributed by atoms with Crippen molar-refractivity contribution < 1.29 is 23.7 Å². The molecule has 0 saturated carbocycles. The predicted molar refractivity (Wildman–Crippen MR) is 110 cm³/mol. The number of cyclic esters (lactones) is 1. The number of methoxy groups -OCH3 is 1. The van der Waals surface area contributed by atoms with Gasteiger partial charge in [0.15, 0.2) is 0 Å². The van der Waals surface area contributed by atoms with Gasteiger partial charge in [0.2, 0.25) is 0 Å². The zero-order chi connectivity index (χ0) is 20.7. The molecule has 1 fully saturated rings. The summed E-state index contributed by atoms with van der Waals surface area (Å²) in [7, 11) is 1.64. The van der Waals surface area contributed by atoms with Crippen LogP contribution in [0.3, 0.4) is 0 Å². The molecule has 2 aliphatic rings. The number of allylic oxidation sites excluding steroid dienone is 3. The highest BCUT2D eigenvalue weighted by Gasteiger charge is 2.46. The van der Waals surface area contributed by atoms with Crippen LogP contribution in [0.5, 0.6) is 0 Å². The van der Waals surface area contributed by atoms with Crippen molar-refractivity contribution in [2.75, 3.05) is 27.1 Å². The molecule has 2 rings (SSSR count). The summed E-state index contributed by atoms with van der Waals surface area (Å²) < 4.78 is 22.3. The Balaban J connectivity index is 2.19. The lowest BCUT2D eigenvalue weighted by Crippen LogP contribution is -2.42. The first kappa shape index (κ1) is 22.6. The van der Waals surface area contributed by atoms with E-state index in [0.29, 0.717) is 25.2 Å². The van der Waals surface area contributed by atoms with E-state index in [2.05, 4.69) is 33.9 Å². The van der Waals surface area contributed by atoms with E-state index in [0.717, 1.165) is 12.8 Å². The minimum Gasteiger partial charge on any atom is -0.454 e. The van der Waals surface area contributed by atoms with Crippen molar-refractivity contribution in [1.29, 1.82) is 0 Å². The Bertz CT molecular complexity index is 627. The molecule has 0 aromatic carbocycles. The van der Waals surface area contributed by atoms with Crippen LogP contribution in [0.15, 0.2) is 48.1 Å². The molecule has 0 spiro atoms. The molecule has 0 N–H and O–H groups in total. The van der Waals surface area contributed by atoms with Gasteiger partial charge in [-0.25, -0.2) is 4.79 Å². The Hall–Kier alpha value is -1.69. The van der Waals surface area contributed by atoms with Crippen LogP contribution in [0.1, 0.15) is 40.0 Å². The van der Waals surface area contributed by atoms with Crippen LogP contribution in [0.25, 0.3) is 0 Å². The topological polar surface area (TPSA) is 54.0 Å². The Morgan fingerprint density at radius 2 is 2.11 bits per heavy atom. The minimum atomic E-state index is -0.283. The first-order valence-corrected chi connectivity index (χ1v) is 9.89. The van der Waals surface area contributed by atoms with Gasteiger partial charge in [-0.15, -0.1) is 0 Å². The third-order valence-electron chi connectivity index (χ3n) is 5.81. The summed E-state index contributed by atoms with van der Waals surface area (Å²) in [6.45, 7) is 15.4. The molecule has 0 aromatic heterocycles. The van der Waals surface area contributed by atoms with Crippen molar-refractivity contribution >= 4 is 5.97 Å². The van der Waals surface area contributed by atoms with Gasteiger partial charge in [0.25, 0.3) is 0 Å². The maximum atomic E-state index is 11.9. The largest absolute Gasteiger partial charge is 0.454 e. The molecule has 1 aliphatic carbocycles. The van der Waals surface area contributed by atoms with Gasteiger partial charge >= 0.3 is 5.97 Å². The third-order valence-corrected chi connectivity index (χ3v) is 5.81. The highest BCUT2D eigenvalue weighted by atomic mass is 16.7. The molecule has 1 heterocycles. The summed E-state index contributed by atoms with van der Waals surface area (Å²) in [5, 5.41) is 0. The second kappa shape index (κ2) is 10.2. The Kier molecular flexibility index (Phi) is 8.23. The molecule has 1 aliphatic heterocycles. The van der Waals surface area contributed by atoms with Crippen molar-refractivity contribution in [3.05, 3.63) is 48.1 Å². The van der Waals surface area contributed by atoms with Crippen molar-refractivity contribution in [3.63, 3.8) is 0 Å². The maximum absolute atomic E-state index is 11.9. The van der Waals surface area contributed by atoms with E-state index in [4.69, 9.17) is 18.9 Å². The minimum absolute atomic E-state index is 0.126. The smallest absolute Gasteiger partial charge is 0.334 e. The molecule has 0 bridgehead atoms. The van der Waals surface area contributed by atoms with Gasteiger partial charge in [0.1, 0.15) is 12.9 Å². The van der Waals surface area contributed by atoms with Crippen LogP contribution in [0, 0.1) is 11.3 Å². The molecule has 5 nitrogen and oxygen atoms in total. The standard InChI is InChI=1S/C23H34O5/c1-7-8-9-19(27-15-26-13-12-25-6)18-11-10-16(2)21(23(18,4)5)20-14-17(3)22(24)28-20/h7-9,18-20H,1,3,10-15H2,2,4-6H3/b9-8+/t18-,19-,20+/m0/s1. The number of hydrogen-bond donors (Lipinski definition) is 0. The molecule has 156 valence electrons. The number of ether oxygens (including phenoxy) is 4. The molecular weight excluding hydrogens is 356 g/mol. The van der Waals surface area contributed by atoms with Crippen molar-refractivity contribution in [2.45, 2.75) is 52.2 Å². The number of hydrogen-bond acceptors (Lipinski definition) is 5. The summed E-state index contributed by atoms with van der Waals surface area (Å²) in [6, 6.07) is 0. The molecule has 0 amide bonds. The van der Waals surface area contributed by atoms with Crippen LogP contribution in [-0.2, 0) is 23.7 Å². The fourth-order valence-corrected chi connectivity index (χ4v) is 4.43. The Morgan fingerprint density at radius 3 is 2.71 bits per heavy atom. The molecule has 1 saturated heterocycles. The summed E-state index contributed by atoms with van der Waals surface area (Å²) >= 11 is 0. The van der Waals surface area contributed by atoms with E-state index in [1.807, 2.05) is 12.2 Å². The molecule has 5 heteroatoms. The van der Waals surface area contributed by atoms with Gasteiger partial charge in [-0.1, -0.05) is 50.8 Å². The second-order valence-electron chi connectivity index (χ2n) is 8.03. The van der Waals surface area contributed by atoms with Crippen molar-refractivity contribution in [1.82, 2.24) is 0 Å². The fraction of sp³-hybridized carbons (Fsp3) is 0.609. The normalized spacial score (nSPS) is 26.0. The monoisotopic (exact) mass is 390 g/mol. The van der Waals surface area contributed by atoms with Crippen molar-refractivity contribution in [2.24, 2.45) is 11.3 Å². The van der Waals surface area contributed by atoms with Gasteiger partial charge in [-0.3, -0.25) is 0 Å². The van der Waals surface area contributed by atoms with E-state index in [-0.39, 0.29) is 36.3 Å². The maximum Gasteiger partial charge on any atom is 0.334 e. The lowest BCUT2D eigenvalue weighted by atomic mass is 9.62. The fourth-order valence-electron chi connectivity index (χ4n) is 4.43. The zero-order valence-corrected chi connectivity index (χ0v) is 17.7. The average molecular weight is 391 g/mol. The predicted octanol–water partition coefficient (Wildman–Crippen LogP) is 4.36. The van der Waals surface area contributed by atoms with E-state index < -0.39 is 0 Å². The van der Waals surface area contributed by atoms with Crippen LogP contribution in [0.2, 0.25) is 0 Å². The number of rotatable bonds is 10. The van der Waals surface area contributed by atoms with Gasteiger partial charge in [-0.2, -0.15) is 0 Å². The molecular formula is C23H34O5. The van der Waals surface area contributed by atoms with Gasteiger partial charge in [-0.05, 0) is 36.7 Å². The first-order valence-electron chi connectivity index (χ1n) is 9.89. The zero-order valence-electron chi connectivity index (χ0n) is 17.7. The van der Waals surface area contributed by atoms with Gasteiger partial charge in [0, 0.05) is 19.1 Å². The van der Waals surface area contributed by atoms with Crippen molar-refractivity contribution in [3.8, 4) is 0 Å². The van der Waals surface area contributed by atoms with E-state index in [1.54, 1.807) is 13.2 Å². The number of esters is 1. The number of carbonyl (C=O) groups is 1. The molecule has 3 atom stereocenters. The summed E-state index contributed by atoms with van der Waals surface area (Å²) in [4.78, 5) is 11.9. The van der Waals surface area contributed by atoms with Gasteiger partial charge in [0.05, 0.1) is 19.3 Å². The second-order valence-corrected chi connectivity index (χ2v) is 8.03. The van der Waals surface area contributed by atoms with Crippen LogP contribution >= 0.6 is 0 Å². The molecule has 0 unspecified atom stereocenters. The Morgan fingerprint density at radius 1 is 1.36 bits per heavy atom. The summed E-state index contributed by atoms with van der Waals surface area (Å²) in [6.07, 6.45) is 7.87. The summed E-state index contributed by atoms with van der Waals surface area (Å²) in [5.41, 5.74) is 2.86. The lowest BCUT2D eigenvalue weighted by Gasteiger charge is -2.46. The summed E-state index contributed by atoms with van der Waals surface area (Å²) in [5.74, 6) is -0.0601. The Labute approximate surface area is 169 Å². The van der Waals surface area contributed by atoms with Crippen LogP contribution in [0.4, 0.5) is 0 Å². The van der Waals surface area contributed by atoms with Crippen LogP contribution in [-0.4, -0.2) is 45.3 Å².